The lowest BCUT2D eigenvalue weighted by atomic mass is 10.2. The van der Waals surface area contributed by atoms with Gasteiger partial charge < -0.3 is 9.84 Å². The average molecular weight is 182 g/mol. The molecule has 1 aromatic rings. The first-order valence-corrected chi connectivity index (χ1v) is 3.89. The van der Waals surface area contributed by atoms with Gasteiger partial charge in [-0.3, -0.25) is 0 Å². The van der Waals surface area contributed by atoms with Crippen molar-refractivity contribution in [2.75, 3.05) is 13.7 Å². The van der Waals surface area contributed by atoms with Crippen molar-refractivity contribution in [1.29, 1.82) is 0 Å². The van der Waals surface area contributed by atoms with Gasteiger partial charge in [0.25, 0.3) is 0 Å². The smallest absolute Gasteiger partial charge is 0.165 e. The van der Waals surface area contributed by atoms with E-state index >= 15 is 0 Å². The first-order valence-electron chi connectivity index (χ1n) is 3.89. The van der Waals surface area contributed by atoms with Crippen molar-refractivity contribution < 1.29 is 14.2 Å². The van der Waals surface area contributed by atoms with Crippen molar-refractivity contribution in [3.63, 3.8) is 0 Å². The fourth-order valence-electron chi connectivity index (χ4n) is 0.975. The van der Waals surface area contributed by atoms with Gasteiger partial charge in [-0.25, -0.2) is 4.39 Å². The topological polar surface area (TPSA) is 29.5 Å². The molecule has 1 aromatic carbocycles. The highest BCUT2D eigenvalue weighted by atomic mass is 19.1. The molecule has 1 N–H and O–H groups in total. The fraction of sp³-hybridized carbons (Fsp3) is 0.200. The molecule has 0 saturated carbocycles. The second kappa shape index (κ2) is 4.62. The largest absolute Gasteiger partial charge is 0.494 e. The van der Waals surface area contributed by atoms with Gasteiger partial charge in [0.1, 0.15) is 0 Å². The summed E-state index contributed by atoms with van der Waals surface area (Å²) in [5, 5.41) is 8.49. The monoisotopic (exact) mass is 182 g/mol. The molecule has 0 spiro atoms. The van der Waals surface area contributed by atoms with Crippen LogP contribution in [0.15, 0.2) is 24.3 Å². The summed E-state index contributed by atoms with van der Waals surface area (Å²) >= 11 is 0. The van der Waals surface area contributed by atoms with Gasteiger partial charge in [0.05, 0.1) is 13.7 Å². The number of hydrogen-bond acceptors (Lipinski definition) is 2. The maximum Gasteiger partial charge on any atom is 0.165 e. The number of hydrogen-bond donors (Lipinski definition) is 1. The minimum atomic E-state index is -0.400. The summed E-state index contributed by atoms with van der Waals surface area (Å²) in [4.78, 5) is 0. The molecule has 0 aliphatic carbocycles. The molecule has 1 rings (SSSR count). The number of rotatable bonds is 3. The van der Waals surface area contributed by atoms with Crippen LogP contribution in [0.5, 0.6) is 5.75 Å². The van der Waals surface area contributed by atoms with Crippen molar-refractivity contribution in [2.45, 2.75) is 0 Å². The molecule has 0 heterocycles. The van der Waals surface area contributed by atoms with Crippen LogP contribution in [0.3, 0.4) is 0 Å². The van der Waals surface area contributed by atoms with E-state index in [1.54, 1.807) is 24.3 Å². The van der Waals surface area contributed by atoms with Gasteiger partial charge in [0.2, 0.25) is 0 Å². The van der Waals surface area contributed by atoms with Crippen LogP contribution in [0.1, 0.15) is 5.56 Å². The third-order valence-corrected chi connectivity index (χ3v) is 1.59. The van der Waals surface area contributed by atoms with E-state index in [1.807, 2.05) is 0 Å². The molecule has 0 aliphatic rings. The van der Waals surface area contributed by atoms with Crippen LogP contribution >= 0.6 is 0 Å². The Morgan fingerprint density at radius 3 is 2.85 bits per heavy atom. The molecule has 0 bridgehead atoms. The maximum atomic E-state index is 13.1. The van der Waals surface area contributed by atoms with Crippen LogP contribution in [0, 0.1) is 5.82 Å². The molecule has 0 atom stereocenters. The Kier molecular flexibility index (Phi) is 3.46. The Balaban J connectivity index is 2.89. The molecule has 0 amide bonds. The van der Waals surface area contributed by atoms with Crippen molar-refractivity contribution in [2.24, 2.45) is 0 Å². The Morgan fingerprint density at radius 2 is 2.31 bits per heavy atom. The number of benzene rings is 1. The van der Waals surface area contributed by atoms with E-state index in [-0.39, 0.29) is 12.4 Å². The Labute approximate surface area is 76.3 Å². The molecule has 0 saturated heterocycles. The Bertz CT molecular complexity index is 308. The number of aliphatic hydroxyl groups excluding tert-OH is 1. The minimum absolute atomic E-state index is 0.0480. The van der Waals surface area contributed by atoms with Crippen LogP contribution in [-0.4, -0.2) is 18.8 Å². The SMILES string of the molecule is COc1ccc(/C=C/CO)cc1F. The zero-order valence-corrected chi connectivity index (χ0v) is 7.33. The van der Waals surface area contributed by atoms with E-state index in [1.165, 1.54) is 13.2 Å². The summed E-state index contributed by atoms with van der Waals surface area (Å²) in [6, 6.07) is 4.62. The molecule has 0 radical (unpaired) electrons. The van der Waals surface area contributed by atoms with Crippen LogP contribution in [0.4, 0.5) is 4.39 Å². The number of ether oxygens (including phenoxy) is 1. The standard InChI is InChI=1S/C10H11FO2/c1-13-10-5-4-8(3-2-6-12)7-9(10)11/h2-5,7,12H,6H2,1H3/b3-2+. The van der Waals surface area contributed by atoms with Crippen LogP contribution < -0.4 is 4.74 Å². The highest BCUT2D eigenvalue weighted by Gasteiger charge is 2.00. The third-order valence-electron chi connectivity index (χ3n) is 1.59. The number of aliphatic hydroxyl groups is 1. The second-order valence-electron chi connectivity index (χ2n) is 2.48. The molecular formula is C10H11FO2. The van der Waals surface area contributed by atoms with Gasteiger partial charge in [-0.15, -0.1) is 0 Å². The lowest BCUT2D eigenvalue weighted by Crippen LogP contribution is -1.87. The quantitative estimate of drug-likeness (QED) is 0.772. The predicted molar refractivity (Wildman–Crippen MR) is 49.1 cm³/mol. The number of halogens is 1. The lowest BCUT2D eigenvalue weighted by Gasteiger charge is -2.01. The van der Waals surface area contributed by atoms with E-state index < -0.39 is 5.82 Å². The molecule has 3 heteroatoms. The van der Waals surface area contributed by atoms with Gasteiger partial charge in [-0.2, -0.15) is 0 Å². The van der Waals surface area contributed by atoms with Crippen molar-refractivity contribution in [3.8, 4) is 5.75 Å². The molecule has 0 unspecified atom stereocenters. The molecular weight excluding hydrogens is 171 g/mol. The molecule has 0 aromatic heterocycles. The van der Waals surface area contributed by atoms with E-state index in [9.17, 15) is 4.39 Å². The van der Waals surface area contributed by atoms with Crippen molar-refractivity contribution in [1.82, 2.24) is 0 Å². The summed E-state index contributed by atoms with van der Waals surface area (Å²) < 4.78 is 17.8. The van der Waals surface area contributed by atoms with Crippen molar-refractivity contribution in [3.05, 3.63) is 35.7 Å². The average Bonchev–Trinajstić information content (AvgIpc) is 2.15. The van der Waals surface area contributed by atoms with E-state index in [0.29, 0.717) is 5.56 Å². The van der Waals surface area contributed by atoms with Gasteiger partial charge in [-0.05, 0) is 17.7 Å². The van der Waals surface area contributed by atoms with Gasteiger partial charge >= 0.3 is 0 Å². The van der Waals surface area contributed by atoms with Crippen LogP contribution in [0.2, 0.25) is 0 Å². The van der Waals surface area contributed by atoms with E-state index in [2.05, 4.69) is 0 Å². The zero-order valence-electron chi connectivity index (χ0n) is 7.33. The summed E-state index contributed by atoms with van der Waals surface area (Å²) in [6.45, 7) is -0.0480. The number of methoxy groups -OCH3 is 1. The first kappa shape index (κ1) is 9.74. The first-order chi connectivity index (χ1) is 6.27. The summed E-state index contributed by atoms with van der Waals surface area (Å²) in [5.41, 5.74) is 0.701. The Morgan fingerprint density at radius 1 is 1.54 bits per heavy atom. The summed E-state index contributed by atoms with van der Waals surface area (Å²) in [7, 11) is 1.42. The minimum Gasteiger partial charge on any atom is -0.494 e. The molecule has 70 valence electrons. The Hall–Kier alpha value is -1.35. The fourth-order valence-corrected chi connectivity index (χ4v) is 0.975. The van der Waals surface area contributed by atoms with Crippen LogP contribution in [0.25, 0.3) is 6.08 Å². The summed E-state index contributed by atoms with van der Waals surface area (Å²) in [5.74, 6) is -0.177. The summed E-state index contributed by atoms with van der Waals surface area (Å²) in [6.07, 6.45) is 3.18. The normalized spacial score (nSPS) is 10.7. The van der Waals surface area contributed by atoms with Gasteiger partial charge in [0, 0.05) is 0 Å². The zero-order chi connectivity index (χ0) is 9.68. The highest BCUT2D eigenvalue weighted by molar-refractivity contribution is 5.51. The van der Waals surface area contributed by atoms with Gasteiger partial charge in [-0.1, -0.05) is 18.2 Å². The predicted octanol–water partition coefficient (Wildman–Crippen LogP) is 1.84. The maximum absolute atomic E-state index is 13.1. The van der Waals surface area contributed by atoms with Gasteiger partial charge in [0.15, 0.2) is 11.6 Å². The third kappa shape index (κ3) is 2.56. The molecule has 0 fully saturated rings. The molecule has 13 heavy (non-hydrogen) atoms. The molecule has 0 aliphatic heterocycles. The van der Waals surface area contributed by atoms with E-state index in [0.717, 1.165) is 0 Å². The molecule has 2 nitrogen and oxygen atoms in total. The van der Waals surface area contributed by atoms with E-state index in [4.69, 9.17) is 9.84 Å². The van der Waals surface area contributed by atoms with Crippen molar-refractivity contribution >= 4 is 6.08 Å². The lowest BCUT2D eigenvalue weighted by molar-refractivity contribution is 0.343. The second-order valence-corrected chi connectivity index (χ2v) is 2.48. The van der Waals surface area contributed by atoms with Crippen LogP contribution in [-0.2, 0) is 0 Å². The highest BCUT2D eigenvalue weighted by Crippen LogP contribution is 2.18.